The molecule has 6 heteroatoms. The van der Waals surface area contributed by atoms with Crippen molar-refractivity contribution in [3.63, 3.8) is 0 Å². The predicted octanol–water partition coefficient (Wildman–Crippen LogP) is 3.25. The standard InChI is InChI=1S/C12H9N3O2S/c16-11-6-18-12(15-11)14-9-3-1-2-8(4-9)10-5-17-7-13-10/h1-7,16H,(H,14,15). The van der Waals surface area contributed by atoms with Gasteiger partial charge >= 0.3 is 0 Å². The van der Waals surface area contributed by atoms with Gasteiger partial charge in [-0.1, -0.05) is 12.1 Å². The molecule has 3 rings (SSSR count). The largest absolute Gasteiger partial charge is 0.493 e. The molecule has 0 radical (unpaired) electrons. The van der Waals surface area contributed by atoms with E-state index in [2.05, 4.69) is 15.3 Å². The second kappa shape index (κ2) is 4.50. The van der Waals surface area contributed by atoms with Gasteiger partial charge in [-0.25, -0.2) is 4.98 Å². The average molecular weight is 259 g/mol. The van der Waals surface area contributed by atoms with E-state index in [-0.39, 0.29) is 5.88 Å². The summed E-state index contributed by atoms with van der Waals surface area (Å²) in [6, 6.07) is 7.72. The second-order valence-corrected chi connectivity index (χ2v) is 4.45. The highest BCUT2D eigenvalue weighted by molar-refractivity contribution is 7.13. The second-order valence-electron chi connectivity index (χ2n) is 3.59. The highest BCUT2D eigenvalue weighted by Gasteiger charge is 2.04. The number of aromatic hydroxyl groups is 1. The lowest BCUT2D eigenvalue weighted by Crippen LogP contribution is -1.89. The van der Waals surface area contributed by atoms with Gasteiger partial charge in [0.2, 0.25) is 5.88 Å². The van der Waals surface area contributed by atoms with Crippen molar-refractivity contribution >= 4 is 22.2 Å². The number of oxazole rings is 1. The molecule has 0 fully saturated rings. The highest BCUT2D eigenvalue weighted by Crippen LogP contribution is 2.26. The van der Waals surface area contributed by atoms with Crippen molar-refractivity contribution in [3.05, 3.63) is 42.3 Å². The Bertz CT molecular complexity index is 649. The van der Waals surface area contributed by atoms with Gasteiger partial charge in [0.05, 0.1) is 5.38 Å². The average Bonchev–Trinajstić information content (AvgIpc) is 3.01. The van der Waals surface area contributed by atoms with Crippen molar-refractivity contribution in [1.29, 1.82) is 0 Å². The maximum Gasteiger partial charge on any atom is 0.223 e. The molecule has 5 nitrogen and oxygen atoms in total. The van der Waals surface area contributed by atoms with E-state index in [0.29, 0.717) is 5.13 Å². The Labute approximate surface area is 107 Å². The molecule has 3 aromatic rings. The lowest BCUT2D eigenvalue weighted by atomic mass is 10.1. The molecule has 0 atom stereocenters. The Morgan fingerprint density at radius 3 is 3.00 bits per heavy atom. The first-order valence-corrected chi connectivity index (χ1v) is 6.09. The van der Waals surface area contributed by atoms with Gasteiger partial charge < -0.3 is 14.8 Å². The third-order valence-electron chi connectivity index (χ3n) is 2.33. The normalized spacial score (nSPS) is 10.4. The summed E-state index contributed by atoms with van der Waals surface area (Å²) < 4.78 is 4.96. The molecule has 0 aliphatic carbocycles. The maximum absolute atomic E-state index is 9.17. The van der Waals surface area contributed by atoms with Crippen molar-refractivity contribution in [2.45, 2.75) is 0 Å². The summed E-state index contributed by atoms with van der Waals surface area (Å²) in [6.07, 6.45) is 2.99. The minimum atomic E-state index is 0.0233. The molecule has 0 bridgehead atoms. The number of thiazole rings is 1. The molecule has 2 heterocycles. The Morgan fingerprint density at radius 1 is 1.33 bits per heavy atom. The Hall–Kier alpha value is -2.34. The predicted molar refractivity (Wildman–Crippen MR) is 69.0 cm³/mol. The number of nitrogens with one attached hydrogen (secondary N) is 1. The molecule has 2 aromatic heterocycles. The van der Waals surface area contributed by atoms with Crippen LogP contribution in [0.2, 0.25) is 0 Å². The van der Waals surface area contributed by atoms with Crippen LogP contribution >= 0.6 is 11.3 Å². The van der Waals surface area contributed by atoms with Crippen molar-refractivity contribution in [2.75, 3.05) is 5.32 Å². The number of benzene rings is 1. The number of hydrogen-bond acceptors (Lipinski definition) is 6. The third kappa shape index (κ3) is 2.18. The van der Waals surface area contributed by atoms with E-state index < -0.39 is 0 Å². The fourth-order valence-corrected chi connectivity index (χ4v) is 2.15. The van der Waals surface area contributed by atoms with Gasteiger partial charge in [-0.2, -0.15) is 4.98 Å². The molecule has 90 valence electrons. The van der Waals surface area contributed by atoms with Crippen molar-refractivity contribution in [1.82, 2.24) is 9.97 Å². The SMILES string of the molecule is Oc1csc(Nc2cccc(-c3cocn3)c2)n1. The highest BCUT2D eigenvalue weighted by atomic mass is 32.1. The van der Waals surface area contributed by atoms with Crippen LogP contribution in [0.1, 0.15) is 0 Å². The number of nitrogens with zero attached hydrogens (tertiary/aromatic N) is 2. The van der Waals surface area contributed by atoms with Gasteiger partial charge in [-0.3, -0.25) is 0 Å². The van der Waals surface area contributed by atoms with E-state index in [1.165, 1.54) is 17.7 Å². The summed E-state index contributed by atoms with van der Waals surface area (Å²) in [5, 5.41) is 14.5. The van der Waals surface area contributed by atoms with Gasteiger partial charge in [0.25, 0.3) is 0 Å². The first-order chi connectivity index (χ1) is 8.81. The van der Waals surface area contributed by atoms with Crippen molar-refractivity contribution in [2.24, 2.45) is 0 Å². The zero-order valence-electron chi connectivity index (χ0n) is 9.20. The zero-order chi connectivity index (χ0) is 12.4. The van der Waals surface area contributed by atoms with E-state index >= 15 is 0 Å². The molecule has 1 aromatic carbocycles. The molecular weight excluding hydrogens is 250 g/mol. The Morgan fingerprint density at radius 2 is 2.28 bits per heavy atom. The molecule has 0 amide bonds. The molecule has 0 aliphatic rings. The minimum Gasteiger partial charge on any atom is -0.493 e. The lowest BCUT2D eigenvalue weighted by Gasteiger charge is -2.03. The van der Waals surface area contributed by atoms with Crippen molar-refractivity contribution in [3.8, 4) is 17.1 Å². The molecule has 0 saturated heterocycles. The topological polar surface area (TPSA) is 71.2 Å². The summed E-state index contributed by atoms with van der Waals surface area (Å²) in [5.41, 5.74) is 2.61. The fraction of sp³-hybridized carbons (Fsp3) is 0. The molecular formula is C12H9N3O2S. The molecule has 2 N–H and O–H groups in total. The van der Waals surface area contributed by atoms with Crippen LogP contribution in [0.5, 0.6) is 5.88 Å². The molecule has 18 heavy (non-hydrogen) atoms. The van der Waals surface area contributed by atoms with Crippen LogP contribution < -0.4 is 5.32 Å². The molecule has 0 saturated carbocycles. The van der Waals surface area contributed by atoms with Gasteiger partial charge in [0.15, 0.2) is 11.5 Å². The molecule has 0 spiro atoms. The van der Waals surface area contributed by atoms with Crippen LogP contribution in [0.25, 0.3) is 11.3 Å². The summed E-state index contributed by atoms with van der Waals surface area (Å²) in [6.45, 7) is 0. The van der Waals surface area contributed by atoms with Gasteiger partial charge in [0, 0.05) is 11.3 Å². The summed E-state index contributed by atoms with van der Waals surface area (Å²) in [4.78, 5) is 8.02. The number of hydrogen-bond donors (Lipinski definition) is 2. The van der Waals surface area contributed by atoms with E-state index in [9.17, 15) is 5.11 Å². The van der Waals surface area contributed by atoms with E-state index in [1.54, 1.807) is 11.6 Å². The molecule has 0 aliphatic heterocycles. The van der Waals surface area contributed by atoms with Crippen LogP contribution in [0.4, 0.5) is 10.8 Å². The number of anilines is 2. The first kappa shape index (κ1) is 10.8. The summed E-state index contributed by atoms with van der Waals surface area (Å²) in [7, 11) is 0. The lowest BCUT2D eigenvalue weighted by molar-refractivity contribution is 0.458. The summed E-state index contributed by atoms with van der Waals surface area (Å²) in [5.74, 6) is 0.0233. The third-order valence-corrected chi connectivity index (χ3v) is 3.08. The zero-order valence-corrected chi connectivity index (χ0v) is 10.0. The van der Waals surface area contributed by atoms with Gasteiger partial charge in [-0.15, -0.1) is 11.3 Å². The van der Waals surface area contributed by atoms with Gasteiger partial charge in [-0.05, 0) is 12.1 Å². The van der Waals surface area contributed by atoms with Crippen LogP contribution in [-0.2, 0) is 0 Å². The van der Waals surface area contributed by atoms with Gasteiger partial charge in [0.1, 0.15) is 12.0 Å². The summed E-state index contributed by atoms with van der Waals surface area (Å²) >= 11 is 1.34. The Kier molecular flexibility index (Phi) is 2.70. The van der Waals surface area contributed by atoms with Crippen LogP contribution in [0.3, 0.4) is 0 Å². The van der Waals surface area contributed by atoms with Crippen LogP contribution in [-0.4, -0.2) is 15.1 Å². The van der Waals surface area contributed by atoms with E-state index in [1.807, 2.05) is 24.3 Å². The minimum absolute atomic E-state index is 0.0233. The smallest absolute Gasteiger partial charge is 0.223 e. The van der Waals surface area contributed by atoms with Crippen molar-refractivity contribution < 1.29 is 9.52 Å². The van der Waals surface area contributed by atoms with Crippen LogP contribution in [0, 0.1) is 0 Å². The Balaban J connectivity index is 1.87. The number of aromatic nitrogens is 2. The van der Waals surface area contributed by atoms with Crippen LogP contribution in [0.15, 0.2) is 46.7 Å². The maximum atomic E-state index is 9.17. The van der Waals surface area contributed by atoms with E-state index in [4.69, 9.17) is 4.42 Å². The monoisotopic (exact) mass is 259 g/mol. The quantitative estimate of drug-likeness (QED) is 0.755. The first-order valence-electron chi connectivity index (χ1n) is 5.21. The fourth-order valence-electron chi connectivity index (χ4n) is 1.56. The van der Waals surface area contributed by atoms with E-state index in [0.717, 1.165) is 16.9 Å². The number of rotatable bonds is 3. The molecule has 0 unspecified atom stereocenters.